The topological polar surface area (TPSA) is 67.2 Å². The van der Waals surface area contributed by atoms with E-state index in [1.165, 1.54) is 0 Å². The minimum atomic E-state index is -0.366. The van der Waals surface area contributed by atoms with Crippen LogP contribution in [0.2, 0.25) is 0 Å². The van der Waals surface area contributed by atoms with Gasteiger partial charge < -0.3 is 10.6 Å². The molecule has 2 rings (SSSR count). The van der Waals surface area contributed by atoms with Crippen LogP contribution in [0.3, 0.4) is 0 Å². The standard InChI is InChI=1S/C10H12BrN3O2/c1-6-2-9(13-7-4-12-5-7)8(11)3-10(6)14(15)16/h2-3,7,12-13H,4-5H2,1H3. The summed E-state index contributed by atoms with van der Waals surface area (Å²) in [6.45, 7) is 3.61. The van der Waals surface area contributed by atoms with Crippen LogP contribution in [-0.4, -0.2) is 24.1 Å². The van der Waals surface area contributed by atoms with Crippen molar-refractivity contribution >= 4 is 27.3 Å². The fourth-order valence-electron chi connectivity index (χ4n) is 1.59. The van der Waals surface area contributed by atoms with Crippen molar-refractivity contribution in [2.45, 2.75) is 13.0 Å². The van der Waals surface area contributed by atoms with E-state index in [1.54, 1.807) is 19.1 Å². The number of benzene rings is 1. The second-order valence-electron chi connectivity index (χ2n) is 3.88. The Morgan fingerprint density at radius 2 is 2.25 bits per heavy atom. The van der Waals surface area contributed by atoms with Crippen LogP contribution < -0.4 is 10.6 Å². The van der Waals surface area contributed by atoms with Gasteiger partial charge in [-0.15, -0.1) is 0 Å². The molecule has 1 aromatic carbocycles. The molecule has 0 unspecified atom stereocenters. The second kappa shape index (κ2) is 4.39. The average Bonchev–Trinajstić information content (AvgIpc) is 2.15. The van der Waals surface area contributed by atoms with Gasteiger partial charge in [0.2, 0.25) is 0 Å². The van der Waals surface area contributed by atoms with Gasteiger partial charge in [-0.25, -0.2) is 0 Å². The number of nitrogens with zero attached hydrogens (tertiary/aromatic N) is 1. The first-order valence-corrected chi connectivity index (χ1v) is 5.79. The summed E-state index contributed by atoms with van der Waals surface area (Å²) < 4.78 is 0.733. The number of nitro groups is 1. The quantitative estimate of drug-likeness (QED) is 0.659. The Kier molecular flexibility index (Phi) is 3.11. The third-order valence-electron chi connectivity index (χ3n) is 2.62. The van der Waals surface area contributed by atoms with Crippen molar-refractivity contribution in [1.29, 1.82) is 0 Å². The van der Waals surface area contributed by atoms with Crippen molar-refractivity contribution in [3.8, 4) is 0 Å². The Hall–Kier alpha value is -1.14. The van der Waals surface area contributed by atoms with Gasteiger partial charge >= 0.3 is 0 Å². The summed E-state index contributed by atoms with van der Waals surface area (Å²) in [6, 6.07) is 3.77. The van der Waals surface area contributed by atoms with Crippen LogP contribution in [-0.2, 0) is 0 Å². The average molecular weight is 286 g/mol. The van der Waals surface area contributed by atoms with Crippen molar-refractivity contribution in [1.82, 2.24) is 5.32 Å². The largest absolute Gasteiger partial charge is 0.379 e. The number of nitro benzene ring substituents is 1. The molecule has 0 atom stereocenters. The fraction of sp³-hybridized carbons (Fsp3) is 0.400. The maximum atomic E-state index is 10.7. The second-order valence-corrected chi connectivity index (χ2v) is 4.73. The van der Waals surface area contributed by atoms with Gasteiger partial charge in [-0.1, -0.05) is 0 Å². The van der Waals surface area contributed by atoms with Crippen LogP contribution in [0.5, 0.6) is 0 Å². The first-order chi connectivity index (χ1) is 7.58. The Labute approximate surface area is 102 Å². The zero-order valence-corrected chi connectivity index (χ0v) is 10.4. The first-order valence-electron chi connectivity index (χ1n) is 4.99. The first kappa shape index (κ1) is 11.3. The van der Waals surface area contributed by atoms with E-state index in [-0.39, 0.29) is 10.6 Å². The van der Waals surface area contributed by atoms with Crippen molar-refractivity contribution in [2.75, 3.05) is 18.4 Å². The van der Waals surface area contributed by atoms with Crippen molar-refractivity contribution in [3.05, 3.63) is 32.3 Å². The summed E-state index contributed by atoms with van der Waals surface area (Å²) in [6.07, 6.45) is 0. The maximum absolute atomic E-state index is 10.7. The number of nitrogens with one attached hydrogen (secondary N) is 2. The highest BCUT2D eigenvalue weighted by Gasteiger charge is 2.19. The minimum Gasteiger partial charge on any atom is -0.379 e. The lowest BCUT2D eigenvalue weighted by molar-refractivity contribution is -0.385. The van der Waals surface area contributed by atoms with Crippen LogP contribution in [0.15, 0.2) is 16.6 Å². The van der Waals surface area contributed by atoms with Crippen molar-refractivity contribution < 1.29 is 4.92 Å². The van der Waals surface area contributed by atoms with E-state index in [0.717, 1.165) is 23.2 Å². The van der Waals surface area contributed by atoms with Crippen LogP contribution in [0.1, 0.15) is 5.56 Å². The molecule has 1 aliphatic heterocycles. The van der Waals surface area contributed by atoms with Gasteiger partial charge in [-0.2, -0.15) is 0 Å². The predicted octanol–water partition coefficient (Wildman–Crippen LogP) is 2.05. The summed E-state index contributed by atoms with van der Waals surface area (Å²) in [5.74, 6) is 0. The zero-order chi connectivity index (χ0) is 11.7. The van der Waals surface area contributed by atoms with Gasteiger partial charge in [0.15, 0.2) is 0 Å². The van der Waals surface area contributed by atoms with Crippen LogP contribution >= 0.6 is 15.9 Å². The number of halogens is 1. The molecule has 0 aliphatic carbocycles. The third-order valence-corrected chi connectivity index (χ3v) is 3.28. The molecule has 6 heteroatoms. The highest BCUT2D eigenvalue weighted by atomic mass is 79.9. The highest BCUT2D eigenvalue weighted by molar-refractivity contribution is 9.10. The van der Waals surface area contributed by atoms with Crippen molar-refractivity contribution in [2.24, 2.45) is 0 Å². The summed E-state index contributed by atoms with van der Waals surface area (Å²) in [7, 11) is 0. The summed E-state index contributed by atoms with van der Waals surface area (Å²) in [5.41, 5.74) is 1.72. The Morgan fingerprint density at radius 1 is 1.56 bits per heavy atom. The van der Waals surface area contributed by atoms with E-state index < -0.39 is 0 Å². The number of anilines is 1. The monoisotopic (exact) mass is 285 g/mol. The lowest BCUT2D eigenvalue weighted by atomic mass is 10.1. The summed E-state index contributed by atoms with van der Waals surface area (Å²) in [5, 5.41) is 17.2. The summed E-state index contributed by atoms with van der Waals surface area (Å²) >= 11 is 3.34. The lowest BCUT2D eigenvalue weighted by Gasteiger charge is -2.29. The predicted molar refractivity (Wildman–Crippen MR) is 65.8 cm³/mol. The molecule has 0 amide bonds. The maximum Gasteiger partial charge on any atom is 0.273 e. The van der Waals surface area contributed by atoms with Crippen LogP contribution in [0.4, 0.5) is 11.4 Å². The molecule has 0 bridgehead atoms. The van der Waals surface area contributed by atoms with Crippen LogP contribution in [0, 0.1) is 17.0 Å². The Morgan fingerprint density at radius 3 is 2.75 bits per heavy atom. The van der Waals surface area contributed by atoms with Gasteiger partial charge in [-0.05, 0) is 28.9 Å². The van der Waals surface area contributed by atoms with E-state index in [0.29, 0.717) is 11.6 Å². The third kappa shape index (κ3) is 2.17. The highest BCUT2D eigenvalue weighted by Crippen LogP contribution is 2.31. The number of rotatable bonds is 3. The molecular formula is C10H12BrN3O2. The SMILES string of the molecule is Cc1cc(NC2CNC2)c(Br)cc1[N+](=O)[O-]. The normalized spacial score (nSPS) is 15.6. The molecule has 1 aliphatic rings. The molecule has 0 aromatic heterocycles. The van der Waals surface area contributed by atoms with E-state index in [4.69, 9.17) is 0 Å². The van der Waals surface area contributed by atoms with E-state index in [1.807, 2.05) is 0 Å². The molecule has 0 radical (unpaired) electrons. The molecule has 0 spiro atoms. The Bertz CT molecular complexity index is 432. The molecule has 1 fully saturated rings. The zero-order valence-electron chi connectivity index (χ0n) is 8.79. The van der Waals surface area contributed by atoms with E-state index >= 15 is 0 Å². The molecular weight excluding hydrogens is 274 g/mol. The molecule has 2 N–H and O–H groups in total. The molecule has 5 nitrogen and oxygen atoms in total. The van der Waals surface area contributed by atoms with Crippen LogP contribution in [0.25, 0.3) is 0 Å². The van der Waals surface area contributed by atoms with Crippen molar-refractivity contribution in [3.63, 3.8) is 0 Å². The number of hydrogen-bond donors (Lipinski definition) is 2. The molecule has 0 saturated carbocycles. The molecule has 1 aromatic rings. The Balaban J connectivity index is 2.25. The van der Waals surface area contributed by atoms with Gasteiger partial charge in [0.05, 0.1) is 11.0 Å². The minimum absolute atomic E-state index is 0.143. The molecule has 1 heterocycles. The molecule has 1 saturated heterocycles. The van der Waals surface area contributed by atoms with E-state index in [9.17, 15) is 10.1 Å². The summed E-state index contributed by atoms with van der Waals surface area (Å²) in [4.78, 5) is 10.4. The number of hydrogen-bond acceptors (Lipinski definition) is 4. The van der Waals surface area contributed by atoms with Gasteiger partial charge in [0, 0.05) is 34.9 Å². The van der Waals surface area contributed by atoms with E-state index in [2.05, 4.69) is 26.6 Å². The lowest BCUT2D eigenvalue weighted by Crippen LogP contribution is -2.51. The van der Waals surface area contributed by atoms with Gasteiger partial charge in [0.1, 0.15) is 0 Å². The van der Waals surface area contributed by atoms with Gasteiger partial charge in [-0.3, -0.25) is 10.1 Å². The number of aryl methyl sites for hydroxylation is 1. The fourth-order valence-corrected chi connectivity index (χ4v) is 2.03. The molecule has 16 heavy (non-hydrogen) atoms. The smallest absolute Gasteiger partial charge is 0.273 e. The molecule has 86 valence electrons. The van der Waals surface area contributed by atoms with Gasteiger partial charge in [0.25, 0.3) is 5.69 Å².